The first-order valence-electron chi connectivity index (χ1n) is 13.1. The number of nitrogens with one attached hydrogen (secondary N) is 1. The summed E-state index contributed by atoms with van der Waals surface area (Å²) >= 11 is 0. The molecule has 1 N–H and O–H groups in total. The Morgan fingerprint density at radius 3 is 2.36 bits per heavy atom. The summed E-state index contributed by atoms with van der Waals surface area (Å²) in [6, 6.07) is 3.54. The van der Waals surface area contributed by atoms with Crippen LogP contribution in [-0.4, -0.2) is 77.7 Å². The zero-order valence-corrected chi connectivity index (χ0v) is 25.6. The van der Waals surface area contributed by atoms with E-state index in [0.29, 0.717) is 19.4 Å². The van der Waals surface area contributed by atoms with Gasteiger partial charge in [0.2, 0.25) is 0 Å². The van der Waals surface area contributed by atoms with Crippen molar-refractivity contribution >= 4 is 16.9 Å². The van der Waals surface area contributed by atoms with Crippen LogP contribution in [0.3, 0.4) is 0 Å². The molecule has 1 aliphatic rings. The summed E-state index contributed by atoms with van der Waals surface area (Å²) in [5.74, 6) is 0. The van der Waals surface area contributed by atoms with Gasteiger partial charge in [0.1, 0.15) is 18.3 Å². The van der Waals surface area contributed by atoms with Gasteiger partial charge in [-0.05, 0) is 41.5 Å². The highest BCUT2D eigenvalue weighted by atomic mass is 31.2. The number of ether oxygens (including phenoxy) is 2. The quantitative estimate of drug-likeness (QED) is 0.161. The third-order valence-electron chi connectivity index (χ3n) is 5.62. The second kappa shape index (κ2) is 17.3. The van der Waals surface area contributed by atoms with E-state index in [-0.39, 0.29) is 25.1 Å². The second-order valence-electron chi connectivity index (χ2n) is 9.10. The summed E-state index contributed by atoms with van der Waals surface area (Å²) in [5.41, 5.74) is -1.13. The van der Waals surface area contributed by atoms with Gasteiger partial charge in [-0.2, -0.15) is 5.26 Å². The van der Waals surface area contributed by atoms with Gasteiger partial charge in [0.05, 0.1) is 32.3 Å². The summed E-state index contributed by atoms with van der Waals surface area (Å²) in [7, 11) is -1.20. The van der Waals surface area contributed by atoms with Gasteiger partial charge in [0.15, 0.2) is 14.6 Å². The van der Waals surface area contributed by atoms with E-state index in [9.17, 15) is 9.59 Å². The van der Waals surface area contributed by atoms with Crippen LogP contribution in [-0.2, 0) is 27.6 Å². The van der Waals surface area contributed by atoms with E-state index in [1.54, 1.807) is 0 Å². The molecule has 5 atom stereocenters. The van der Waals surface area contributed by atoms with Crippen molar-refractivity contribution < 1.29 is 27.6 Å². The lowest BCUT2D eigenvalue weighted by Gasteiger charge is -2.38. The van der Waals surface area contributed by atoms with Crippen LogP contribution in [0, 0.1) is 11.3 Å². The van der Waals surface area contributed by atoms with Crippen molar-refractivity contribution in [3.05, 3.63) is 45.3 Å². The number of rotatable bonds is 17. The van der Waals surface area contributed by atoms with Crippen LogP contribution in [0.15, 0.2) is 34.0 Å². The third-order valence-corrected chi connectivity index (χ3v) is 9.35. The maximum atomic E-state index is 12.7. The average molecular weight is 589 g/mol. The molecule has 1 saturated heterocycles. The van der Waals surface area contributed by atoms with Gasteiger partial charge in [-0.25, -0.2) is 9.46 Å². The zero-order chi connectivity index (χ0) is 28.9. The molecule has 0 aromatic carbocycles. The van der Waals surface area contributed by atoms with Crippen LogP contribution >= 0.6 is 16.9 Å². The Balaban J connectivity index is 2.45. The first kappa shape index (κ1) is 33.7. The molecule has 1 aromatic heterocycles. The van der Waals surface area contributed by atoms with E-state index in [1.165, 1.54) is 23.9 Å². The molecule has 220 valence electrons. The Hall–Kier alpha value is -1.51. The standard InChI is InChI=1S/C25H42N4O8P2/c1-8-33-38(34-9-2)17-10-12-20-22(37-39(35-16-11-14-26)29(18(3)4)19(5)6)23(32-7)24(36-20)28-15-13-21(30)27-25(28)31/h10,12-13,15,18-20,22-24H,8-9,11,16-17H2,1-7H3,(H,27,30,31)/b12-10+. The molecule has 2 heterocycles. The number of hydrogen-bond donors (Lipinski definition) is 1. The number of aromatic amines is 1. The van der Waals surface area contributed by atoms with E-state index in [1.807, 2.05) is 26.0 Å². The fourth-order valence-corrected chi connectivity index (χ4v) is 7.06. The van der Waals surface area contributed by atoms with Gasteiger partial charge >= 0.3 is 5.69 Å². The SMILES string of the molecule is CCOP(C/C=C/C1OC(n2ccc(=O)[nH]c2=O)C(OC)C1OP(OCCC#N)N(C(C)C)C(C)C)OCC. The number of allylic oxidation sites excluding steroid dienone is 1. The number of aromatic nitrogens is 2. The van der Waals surface area contributed by atoms with Crippen LogP contribution in [0.1, 0.15) is 54.2 Å². The lowest BCUT2D eigenvalue weighted by Crippen LogP contribution is -2.41. The molecule has 14 heteroatoms. The largest absolute Gasteiger partial charge is 0.374 e. The lowest BCUT2D eigenvalue weighted by molar-refractivity contribution is -0.0482. The highest BCUT2D eigenvalue weighted by Crippen LogP contribution is 2.50. The molecule has 0 amide bonds. The highest BCUT2D eigenvalue weighted by molar-refractivity contribution is 7.47. The molecular weight excluding hydrogens is 546 g/mol. The Bertz CT molecular complexity index is 1030. The number of methoxy groups -OCH3 is 1. The average Bonchev–Trinajstić information content (AvgIpc) is 3.20. The summed E-state index contributed by atoms with van der Waals surface area (Å²) in [5, 5.41) is 9.06. The van der Waals surface area contributed by atoms with Crippen LogP contribution in [0.25, 0.3) is 0 Å². The van der Waals surface area contributed by atoms with Crippen molar-refractivity contribution in [1.29, 1.82) is 5.26 Å². The maximum absolute atomic E-state index is 12.7. The minimum atomic E-state index is -1.63. The Morgan fingerprint density at radius 1 is 1.15 bits per heavy atom. The molecule has 1 aliphatic heterocycles. The van der Waals surface area contributed by atoms with Gasteiger partial charge in [-0.3, -0.25) is 14.3 Å². The molecule has 12 nitrogen and oxygen atoms in total. The van der Waals surface area contributed by atoms with Crippen LogP contribution < -0.4 is 11.2 Å². The van der Waals surface area contributed by atoms with Crippen molar-refractivity contribution in [2.45, 2.75) is 84.6 Å². The summed E-state index contributed by atoms with van der Waals surface area (Å²) in [6.07, 6.45) is 3.04. The minimum absolute atomic E-state index is 0.0917. The number of nitriles is 1. The number of nitrogens with zero attached hydrogens (tertiary/aromatic N) is 3. The van der Waals surface area contributed by atoms with Gasteiger partial charge in [0, 0.05) is 37.6 Å². The molecule has 0 bridgehead atoms. The highest BCUT2D eigenvalue weighted by Gasteiger charge is 2.48. The fourth-order valence-electron chi connectivity index (χ4n) is 4.15. The predicted molar refractivity (Wildman–Crippen MR) is 150 cm³/mol. The van der Waals surface area contributed by atoms with Crippen molar-refractivity contribution in [1.82, 2.24) is 14.2 Å². The fraction of sp³-hybridized carbons (Fsp3) is 0.720. The molecular formula is C25H42N4O8P2. The van der Waals surface area contributed by atoms with Crippen molar-refractivity contribution in [3.63, 3.8) is 0 Å². The summed E-state index contributed by atoms with van der Waals surface area (Å²) in [4.78, 5) is 26.6. The Morgan fingerprint density at radius 2 is 1.82 bits per heavy atom. The first-order valence-corrected chi connectivity index (χ1v) is 15.6. The maximum Gasteiger partial charge on any atom is 0.330 e. The van der Waals surface area contributed by atoms with Crippen molar-refractivity contribution in [2.75, 3.05) is 33.1 Å². The van der Waals surface area contributed by atoms with Gasteiger partial charge < -0.3 is 27.6 Å². The topological polar surface area (TPSA) is 137 Å². The van der Waals surface area contributed by atoms with E-state index in [2.05, 4.69) is 43.4 Å². The minimum Gasteiger partial charge on any atom is -0.374 e. The molecule has 0 spiro atoms. The second-order valence-corrected chi connectivity index (χ2v) is 12.1. The van der Waals surface area contributed by atoms with Crippen LogP contribution in [0.4, 0.5) is 0 Å². The van der Waals surface area contributed by atoms with Gasteiger partial charge in [0.25, 0.3) is 14.1 Å². The molecule has 2 rings (SSSR count). The van der Waals surface area contributed by atoms with E-state index < -0.39 is 52.7 Å². The molecule has 39 heavy (non-hydrogen) atoms. The molecule has 0 aliphatic carbocycles. The Labute approximate surface area is 233 Å². The third kappa shape index (κ3) is 9.82. The molecule has 0 saturated carbocycles. The number of H-pyrrole nitrogens is 1. The molecule has 1 fully saturated rings. The van der Waals surface area contributed by atoms with Gasteiger partial charge in [-0.1, -0.05) is 12.2 Å². The summed E-state index contributed by atoms with van der Waals surface area (Å²) < 4.78 is 39.7. The van der Waals surface area contributed by atoms with Gasteiger partial charge in [-0.15, -0.1) is 0 Å². The smallest absolute Gasteiger partial charge is 0.330 e. The summed E-state index contributed by atoms with van der Waals surface area (Å²) in [6.45, 7) is 13.3. The van der Waals surface area contributed by atoms with E-state index >= 15 is 0 Å². The molecule has 5 unspecified atom stereocenters. The van der Waals surface area contributed by atoms with Crippen LogP contribution in [0.2, 0.25) is 0 Å². The lowest BCUT2D eigenvalue weighted by atomic mass is 10.1. The van der Waals surface area contributed by atoms with E-state index in [4.69, 9.17) is 32.8 Å². The monoisotopic (exact) mass is 588 g/mol. The molecule has 0 radical (unpaired) electrons. The first-order chi connectivity index (χ1) is 18.7. The van der Waals surface area contributed by atoms with Crippen LogP contribution in [0.5, 0.6) is 0 Å². The normalized spacial score (nSPS) is 22.5. The molecule has 1 aromatic rings. The van der Waals surface area contributed by atoms with Crippen molar-refractivity contribution in [3.8, 4) is 6.07 Å². The number of hydrogen-bond acceptors (Lipinski definition) is 10. The van der Waals surface area contributed by atoms with E-state index in [0.717, 1.165) is 0 Å². The zero-order valence-electron chi connectivity index (χ0n) is 23.8. The Kier molecular flexibility index (Phi) is 15.0. The predicted octanol–water partition coefficient (Wildman–Crippen LogP) is 4.05. The van der Waals surface area contributed by atoms with Crippen molar-refractivity contribution in [2.24, 2.45) is 0 Å².